The molecule has 1 aliphatic carbocycles. The van der Waals surface area contributed by atoms with Crippen LogP contribution in [0.2, 0.25) is 0 Å². The normalized spacial score (nSPS) is 16.8. The molecule has 4 nitrogen and oxygen atoms in total. The van der Waals surface area contributed by atoms with Gasteiger partial charge in [0.25, 0.3) is 0 Å². The van der Waals surface area contributed by atoms with Gasteiger partial charge in [-0.25, -0.2) is 9.18 Å². The standard InChI is InChI=1S/C12H14FNO3/c13-9-5-7(12(16)17)4-8(11(9)15)10(14)3-6-1-2-6/h4-6,10,15H,1-3,14H2,(H,16,17)/t10-/m1/s1. The van der Waals surface area contributed by atoms with E-state index >= 15 is 0 Å². The fraction of sp³-hybridized carbons (Fsp3) is 0.417. The van der Waals surface area contributed by atoms with E-state index in [1.165, 1.54) is 6.07 Å². The summed E-state index contributed by atoms with van der Waals surface area (Å²) in [5, 5.41) is 18.4. The van der Waals surface area contributed by atoms with Crippen LogP contribution in [0.1, 0.15) is 41.2 Å². The van der Waals surface area contributed by atoms with Crippen LogP contribution >= 0.6 is 0 Å². The van der Waals surface area contributed by atoms with Gasteiger partial charge in [0, 0.05) is 11.6 Å². The lowest BCUT2D eigenvalue weighted by Gasteiger charge is -2.14. The molecule has 0 aliphatic heterocycles. The number of rotatable bonds is 4. The van der Waals surface area contributed by atoms with Crippen LogP contribution in [0.25, 0.3) is 0 Å². The molecule has 0 bridgehead atoms. The van der Waals surface area contributed by atoms with Gasteiger partial charge in [0.15, 0.2) is 11.6 Å². The third kappa shape index (κ3) is 2.55. The average molecular weight is 239 g/mol. The Balaban J connectivity index is 2.32. The number of carboxylic acids is 1. The lowest BCUT2D eigenvalue weighted by molar-refractivity contribution is 0.0696. The second-order valence-electron chi connectivity index (χ2n) is 4.49. The molecule has 1 aromatic rings. The maximum Gasteiger partial charge on any atom is 0.335 e. The highest BCUT2D eigenvalue weighted by Gasteiger charge is 2.27. The van der Waals surface area contributed by atoms with Gasteiger partial charge in [0.1, 0.15) is 0 Å². The molecule has 0 spiro atoms. The minimum Gasteiger partial charge on any atom is -0.505 e. The second-order valence-corrected chi connectivity index (χ2v) is 4.49. The van der Waals surface area contributed by atoms with Gasteiger partial charge in [-0.05, 0) is 24.5 Å². The highest BCUT2D eigenvalue weighted by molar-refractivity contribution is 5.88. The van der Waals surface area contributed by atoms with Gasteiger partial charge in [0.05, 0.1) is 5.56 Å². The van der Waals surface area contributed by atoms with E-state index in [2.05, 4.69) is 0 Å². The number of hydrogen-bond donors (Lipinski definition) is 3. The fourth-order valence-corrected chi connectivity index (χ4v) is 1.87. The molecule has 1 atom stereocenters. The topological polar surface area (TPSA) is 83.6 Å². The predicted molar refractivity (Wildman–Crippen MR) is 59.3 cm³/mol. The van der Waals surface area contributed by atoms with E-state index in [0.717, 1.165) is 18.9 Å². The van der Waals surface area contributed by atoms with Crippen molar-refractivity contribution in [2.75, 3.05) is 0 Å². The first-order valence-corrected chi connectivity index (χ1v) is 5.50. The number of carbonyl (C=O) groups is 1. The Labute approximate surface area is 97.9 Å². The zero-order valence-corrected chi connectivity index (χ0v) is 9.19. The zero-order chi connectivity index (χ0) is 12.6. The monoisotopic (exact) mass is 239 g/mol. The molecule has 1 aromatic carbocycles. The number of aromatic hydroxyl groups is 1. The quantitative estimate of drug-likeness (QED) is 0.750. The van der Waals surface area contributed by atoms with Gasteiger partial charge in [-0.2, -0.15) is 0 Å². The number of carboxylic acid groups (broad SMARTS) is 1. The predicted octanol–water partition coefficient (Wildman–Crippen LogP) is 2.03. The SMILES string of the molecule is N[C@H](CC1CC1)c1cc(C(=O)O)cc(F)c1O. The smallest absolute Gasteiger partial charge is 0.335 e. The highest BCUT2D eigenvalue weighted by atomic mass is 19.1. The van der Waals surface area contributed by atoms with E-state index in [0.29, 0.717) is 12.3 Å². The van der Waals surface area contributed by atoms with Crippen LogP contribution < -0.4 is 5.73 Å². The largest absolute Gasteiger partial charge is 0.505 e. The minimum absolute atomic E-state index is 0.175. The molecule has 17 heavy (non-hydrogen) atoms. The first-order chi connectivity index (χ1) is 7.99. The number of nitrogens with two attached hydrogens (primary N) is 1. The summed E-state index contributed by atoms with van der Waals surface area (Å²) < 4.78 is 13.3. The maximum atomic E-state index is 13.3. The van der Waals surface area contributed by atoms with Crippen LogP contribution in [0, 0.1) is 11.7 Å². The molecule has 1 saturated carbocycles. The molecular formula is C12H14FNO3. The Morgan fingerprint density at radius 1 is 1.53 bits per heavy atom. The molecule has 0 saturated heterocycles. The molecule has 0 unspecified atom stereocenters. The van der Waals surface area contributed by atoms with Crippen LogP contribution in [0.3, 0.4) is 0 Å². The molecule has 1 aliphatic rings. The summed E-state index contributed by atoms with van der Waals surface area (Å²) in [5.74, 6) is -2.20. The van der Waals surface area contributed by atoms with Crippen molar-refractivity contribution in [3.63, 3.8) is 0 Å². The molecule has 1 fully saturated rings. The summed E-state index contributed by atoms with van der Waals surface area (Å²) in [6, 6.07) is 1.52. The molecule has 0 amide bonds. The number of phenolic OH excluding ortho intramolecular Hbond substituents is 1. The Hall–Kier alpha value is -1.62. The van der Waals surface area contributed by atoms with Crippen molar-refractivity contribution in [3.8, 4) is 5.75 Å². The third-order valence-corrected chi connectivity index (χ3v) is 3.02. The summed E-state index contributed by atoms with van der Waals surface area (Å²) >= 11 is 0. The summed E-state index contributed by atoms with van der Waals surface area (Å²) in [6.07, 6.45) is 2.83. The first kappa shape index (κ1) is 11.9. The lowest BCUT2D eigenvalue weighted by Crippen LogP contribution is -2.13. The van der Waals surface area contributed by atoms with Crippen molar-refractivity contribution in [3.05, 3.63) is 29.1 Å². The molecule has 0 aromatic heterocycles. The van der Waals surface area contributed by atoms with Crippen LogP contribution in [-0.4, -0.2) is 16.2 Å². The van der Waals surface area contributed by atoms with Gasteiger partial charge in [-0.1, -0.05) is 12.8 Å². The number of aromatic carboxylic acids is 1. The second kappa shape index (κ2) is 4.33. The van der Waals surface area contributed by atoms with Gasteiger partial charge in [-0.3, -0.25) is 0 Å². The third-order valence-electron chi connectivity index (χ3n) is 3.02. The summed E-state index contributed by atoms with van der Waals surface area (Å²) in [6.45, 7) is 0. The highest BCUT2D eigenvalue weighted by Crippen LogP contribution is 2.39. The summed E-state index contributed by atoms with van der Waals surface area (Å²) in [4.78, 5) is 10.8. The van der Waals surface area contributed by atoms with E-state index in [1.807, 2.05) is 0 Å². The van der Waals surface area contributed by atoms with E-state index in [1.54, 1.807) is 0 Å². The van der Waals surface area contributed by atoms with Crippen LogP contribution in [-0.2, 0) is 0 Å². The van der Waals surface area contributed by atoms with Crippen molar-refractivity contribution >= 4 is 5.97 Å². The van der Waals surface area contributed by atoms with E-state index in [9.17, 15) is 14.3 Å². The summed E-state index contributed by atoms with van der Waals surface area (Å²) in [5.41, 5.74) is 5.84. The molecular weight excluding hydrogens is 225 g/mol. The molecule has 5 heteroatoms. The van der Waals surface area contributed by atoms with Gasteiger partial charge < -0.3 is 15.9 Å². The van der Waals surface area contributed by atoms with E-state index < -0.39 is 23.6 Å². The Bertz CT molecular complexity index is 457. The van der Waals surface area contributed by atoms with E-state index in [4.69, 9.17) is 10.8 Å². The Morgan fingerprint density at radius 3 is 2.71 bits per heavy atom. The molecule has 92 valence electrons. The average Bonchev–Trinajstić information content (AvgIpc) is 3.05. The molecule has 4 N–H and O–H groups in total. The Morgan fingerprint density at radius 2 is 2.18 bits per heavy atom. The fourth-order valence-electron chi connectivity index (χ4n) is 1.87. The minimum atomic E-state index is -1.23. The van der Waals surface area contributed by atoms with Gasteiger partial charge in [0.2, 0.25) is 0 Å². The van der Waals surface area contributed by atoms with Crippen molar-refractivity contribution in [1.29, 1.82) is 0 Å². The Kier molecular flexibility index (Phi) is 3.02. The lowest BCUT2D eigenvalue weighted by atomic mass is 9.98. The van der Waals surface area contributed by atoms with Crippen LogP contribution in [0.5, 0.6) is 5.75 Å². The number of benzene rings is 1. The number of halogens is 1. The first-order valence-electron chi connectivity index (χ1n) is 5.50. The van der Waals surface area contributed by atoms with Crippen molar-refractivity contribution in [2.24, 2.45) is 11.7 Å². The number of hydrogen-bond acceptors (Lipinski definition) is 3. The van der Waals surface area contributed by atoms with Crippen LogP contribution in [0.4, 0.5) is 4.39 Å². The van der Waals surface area contributed by atoms with Gasteiger partial charge >= 0.3 is 5.97 Å². The molecule has 2 rings (SSSR count). The molecule has 0 heterocycles. The maximum absolute atomic E-state index is 13.3. The molecule has 0 radical (unpaired) electrons. The summed E-state index contributed by atoms with van der Waals surface area (Å²) in [7, 11) is 0. The van der Waals surface area contributed by atoms with E-state index in [-0.39, 0.29) is 11.1 Å². The van der Waals surface area contributed by atoms with Crippen LogP contribution in [0.15, 0.2) is 12.1 Å². The van der Waals surface area contributed by atoms with Crippen molar-refractivity contribution in [2.45, 2.75) is 25.3 Å². The zero-order valence-electron chi connectivity index (χ0n) is 9.19. The number of phenols is 1. The van der Waals surface area contributed by atoms with Crippen molar-refractivity contribution in [1.82, 2.24) is 0 Å². The van der Waals surface area contributed by atoms with Crippen molar-refractivity contribution < 1.29 is 19.4 Å². The van der Waals surface area contributed by atoms with Gasteiger partial charge in [-0.15, -0.1) is 0 Å².